The minimum absolute atomic E-state index is 0.0192. The van der Waals surface area contributed by atoms with Crippen LogP contribution in [0.15, 0.2) is 0 Å². The lowest BCUT2D eigenvalue weighted by molar-refractivity contribution is -0.136. The van der Waals surface area contributed by atoms with Crippen molar-refractivity contribution in [2.45, 2.75) is 45.1 Å². The lowest BCUT2D eigenvalue weighted by Gasteiger charge is -2.37. The fourth-order valence-corrected chi connectivity index (χ4v) is 3.72. The molecule has 2 heterocycles. The van der Waals surface area contributed by atoms with E-state index in [9.17, 15) is 9.59 Å². The highest BCUT2D eigenvalue weighted by Gasteiger charge is 2.27. The number of hydrogen-bond donors (Lipinski definition) is 2. The van der Waals surface area contributed by atoms with Crippen LogP contribution in [-0.4, -0.2) is 91.5 Å². The number of hydrogen-bond acceptors (Lipinski definition) is 5. The second-order valence-corrected chi connectivity index (χ2v) is 7.11. The lowest BCUT2D eigenvalue weighted by Crippen LogP contribution is -2.51. The zero-order valence-electron chi connectivity index (χ0n) is 15.7. The maximum atomic E-state index is 12.7. The molecular weight excluding hydrogens is 318 g/mol. The molecule has 7 nitrogen and oxygen atoms in total. The van der Waals surface area contributed by atoms with Crippen LogP contribution in [0.5, 0.6) is 0 Å². The molecule has 2 amide bonds. The van der Waals surface area contributed by atoms with Crippen LogP contribution >= 0.6 is 0 Å². The van der Waals surface area contributed by atoms with Crippen molar-refractivity contribution in [1.82, 2.24) is 20.0 Å². The number of piperazine rings is 1. The fraction of sp³-hybridized carbons (Fsp3) is 0.889. The zero-order chi connectivity index (χ0) is 18.1. The van der Waals surface area contributed by atoms with E-state index < -0.39 is 0 Å². The number of amides is 2. The number of carbonyl (C=O) groups is 2. The second kappa shape index (κ2) is 10.7. The summed E-state index contributed by atoms with van der Waals surface area (Å²) in [5, 5.41) is 2.93. The highest BCUT2D eigenvalue weighted by atomic mass is 16.2. The largest absolute Gasteiger partial charge is 0.354 e. The summed E-state index contributed by atoms with van der Waals surface area (Å²) in [5.74, 6) is 0.213. The van der Waals surface area contributed by atoms with Crippen molar-refractivity contribution in [2.24, 2.45) is 5.73 Å². The van der Waals surface area contributed by atoms with Gasteiger partial charge in [0, 0.05) is 71.2 Å². The Balaban J connectivity index is 1.74. The first-order valence-corrected chi connectivity index (χ1v) is 9.85. The molecule has 0 aromatic heterocycles. The molecule has 0 aliphatic carbocycles. The molecule has 2 saturated heterocycles. The third-order valence-corrected chi connectivity index (χ3v) is 5.41. The van der Waals surface area contributed by atoms with Crippen LogP contribution in [0.1, 0.15) is 39.0 Å². The number of rotatable bonds is 8. The summed E-state index contributed by atoms with van der Waals surface area (Å²) in [6, 6.07) is 0.139. The SMILES string of the molecule is CCN1CCN(CCC(=O)N2CCCCC2CNC(=O)CCN)CC1. The maximum absolute atomic E-state index is 12.7. The van der Waals surface area contributed by atoms with Crippen LogP contribution < -0.4 is 11.1 Å². The van der Waals surface area contributed by atoms with Crippen LogP contribution in [0.2, 0.25) is 0 Å². The average molecular weight is 354 g/mol. The predicted octanol–water partition coefficient (Wildman–Crippen LogP) is -0.140. The highest BCUT2D eigenvalue weighted by Crippen LogP contribution is 2.18. The predicted molar refractivity (Wildman–Crippen MR) is 99.2 cm³/mol. The van der Waals surface area contributed by atoms with E-state index in [1.807, 2.05) is 4.90 Å². The molecule has 0 aromatic carbocycles. The third-order valence-electron chi connectivity index (χ3n) is 5.41. The van der Waals surface area contributed by atoms with Crippen LogP contribution in [0.3, 0.4) is 0 Å². The molecule has 1 unspecified atom stereocenters. The quantitative estimate of drug-likeness (QED) is 0.635. The Kier molecular flexibility index (Phi) is 8.64. The van der Waals surface area contributed by atoms with Gasteiger partial charge >= 0.3 is 0 Å². The maximum Gasteiger partial charge on any atom is 0.224 e. The van der Waals surface area contributed by atoms with Gasteiger partial charge in [0.2, 0.25) is 11.8 Å². The van der Waals surface area contributed by atoms with Crippen LogP contribution in [0.25, 0.3) is 0 Å². The van der Waals surface area contributed by atoms with Gasteiger partial charge in [-0.25, -0.2) is 0 Å². The summed E-state index contributed by atoms with van der Waals surface area (Å²) >= 11 is 0. The molecule has 25 heavy (non-hydrogen) atoms. The third kappa shape index (κ3) is 6.56. The van der Waals surface area contributed by atoms with E-state index in [1.54, 1.807) is 0 Å². The van der Waals surface area contributed by atoms with E-state index in [1.165, 1.54) is 0 Å². The molecule has 2 aliphatic rings. The molecule has 0 aromatic rings. The molecule has 1 atom stereocenters. The van der Waals surface area contributed by atoms with Crippen molar-refractivity contribution >= 4 is 11.8 Å². The molecule has 2 rings (SSSR count). The number of likely N-dealkylation sites (tertiary alicyclic amines) is 1. The van der Waals surface area contributed by atoms with Crippen LogP contribution in [0.4, 0.5) is 0 Å². The van der Waals surface area contributed by atoms with Crippen molar-refractivity contribution < 1.29 is 9.59 Å². The topological polar surface area (TPSA) is 81.9 Å². The fourth-order valence-electron chi connectivity index (χ4n) is 3.72. The number of nitrogens with zero attached hydrogens (tertiary/aromatic N) is 3. The smallest absolute Gasteiger partial charge is 0.224 e. The Morgan fingerprint density at radius 2 is 1.76 bits per heavy atom. The van der Waals surface area contributed by atoms with Crippen LogP contribution in [0, 0.1) is 0 Å². The summed E-state index contributed by atoms with van der Waals surface area (Å²) in [6.07, 6.45) is 4.10. The van der Waals surface area contributed by atoms with Crippen molar-refractivity contribution in [3.63, 3.8) is 0 Å². The van der Waals surface area contributed by atoms with Gasteiger partial charge in [-0.2, -0.15) is 0 Å². The number of nitrogens with one attached hydrogen (secondary N) is 1. The van der Waals surface area contributed by atoms with E-state index in [4.69, 9.17) is 5.73 Å². The Bertz CT molecular complexity index is 424. The summed E-state index contributed by atoms with van der Waals surface area (Å²) in [7, 11) is 0. The van der Waals surface area contributed by atoms with E-state index >= 15 is 0 Å². The Morgan fingerprint density at radius 3 is 2.44 bits per heavy atom. The van der Waals surface area contributed by atoms with Gasteiger partial charge in [0.25, 0.3) is 0 Å². The minimum atomic E-state index is -0.0192. The van der Waals surface area contributed by atoms with Gasteiger partial charge in [-0.15, -0.1) is 0 Å². The van der Waals surface area contributed by atoms with Gasteiger partial charge in [0.15, 0.2) is 0 Å². The van der Waals surface area contributed by atoms with Crippen molar-refractivity contribution in [3.8, 4) is 0 Å². The Labute approximate surface area is 151 Å². The summed E-state index contributed by atoms with van der Waals surface area (Å²) in [6.45, 7) is 10.2. The van der Waals surface area contributed by atoms with Gasteiger partial charge in [0.05, 0.1) is 0 Å². The van der Waals surface area contributed by atoms with Gasteiger partial charge in [-0.3, -0.25) is 9.59 Å². The standard InChI is InChI=1S/C18H35N5O2/c1-2-21-11-13-22(14-12-21)10-7-18(25)23-9-4-3-5-16(23)15-20-17(24)6-8-19/h16H,2-15,19H2,1H3,(H,20,24). The van der Waals surface area contributed by atoms with Crippen LogP contribution in [-0.2, 0) is 9.59 Å². The monoisotopic (exact) mass is 353 g/mol. The molecule has 0 bridgehead atoms. The number of likely N-dealkylation sites (N-methyl/N-ethyl adjacent to an activating group) is 1. The van der Waals surface area contributed by atoms with Gasteiger partial charge in [-0.05, 0) is 25.8 Å². The highest BCUT2D eigenvalue weighted by molar-refractivity contribution is 5.78. The summed E-state index contributed by atoms with van der Waals surface area (Å²) < 4.78 is 0. The van der Waals surface area contributed by atoms with Crippen molar-refractivity contribution in [1.29, 1.82) is 0 Å². The molecule has 0 spiro atoms. The number of carbonyl (C=O) groups excluding carboxylic acids is 2. The van der Waals surface area contributed by atoms with E-state index in [0.29, 0.717) is 25.9 Å². The van der Waals surface area contributed by atoms with Gasteiger partial charge in [0.1, 0.15) is 0 Å². The molecule has 2 aliphatic heterocycles. The lowest BCUT2D eigenvalue weighted by atomic mass is 10.0. The van der Waals surface area contributed by atoms with Gasteiger partial charge in [-0.1, -0.05) is 6.92 Å². The minimum Gasteiger partial charge on any atom is -0.354 e. The normalized spacial score (nSPS) is 22.8. The average Bonchev–Trinajstić information content (AvgIpc) is 2.65. The first-order chi connectivity index (χ1) is 12.1. The number of nitrogens with two attached hydrogens (primary N) is 1. The molecule has 0 radical (unpaired) electrons. The first-order valence-electron chi connectivity index (χ1n) is 9.85. The molecule has 2 fully saturated rings. The molecule has 3 N–H and O–H groups in total. The molecule has 0 saturated carbocycles. The van der Waals surface area contributed by atoms with Crippen molar-refractivity contribution in [2.75, 3.05) is 58.9 Å². The van der Waals surface area contributed by atoms with Gasteiger partial charge < -0.3 is 25.8 Å². The second-order valence-electron chi connectivity index (χ2n) is 7.11. The number of piperidine rings is 1. The first kappa shape index (κ1) is 20.1. The molecule has 7 heteroatoms. The van der Waals surface area contributed by atoms with E-state index in [-0.39, 0.29) is 17.9 Å². The van der Waals surface area contributed by atoms with Crippen molar-refractivity contribution in [3.05, 3.63) is 0 Å². The Morgan fingerprint density at radius 1 is 1.04 bits per heavy atom. The van der Waals surface area contributed by atoms with E-state index in [2.05, 4.69) is 22.0 Å². The zero-order valence-corrected chi connectivity index (χ0v) is 15.7. The Hall–Kier alpha value is -1.18. The summed E-state index contributed by atoms with van der Waals surface area (Å²) in [5.41, 5.74) is 5.41. The molecular formula is C18H35N5O2. The molecule has 144 valence electrons. The van der Waals surface area contributed by atoms with E-state index in [0.717, 1.165) is 65.1 Å². The summed E-state index contributed by atoms with van der Waals surface area (Å²) in [4.78, 5) is 31.2.